The van der Waals surface area contributed by atoms with E-state index < -0.39 is 10.0 Å². The fraction of sp³-hybridized carbons (Fsp3) is 0.0667. The predicted octanol–water partition coefficient (Wildman–Crippen LogP) is 0.933. The Morgan fingerprint density at radius 1 is 1.16 bits per heavy atom. The van der Waals surface area contributed by atoms with Gasteiger partial charge in [-0.25, -0.2) is 19.0 Å². The van der Waals surface area contributed by atoms with Gasteiger partial charge < -0.3 is 0 Å². The van der Waals surface area contributed by atoms with Crippen molar-refractivity contribution in [2.45, 2.75) is 11.8 Å². The monoisotopic (exact) mass is 360 g/mol. The summed E-state index contributed by atoms with van der Waals surface area (Å²) in [5.41, 5.74) is 6.56. The van der Waals surface area contributed by atoms with E-state index in [1.54, 1.807) is 19.1 Å². The summed E-state index contributed by atoms with van der Waals surface area (Å²) >= 11 is 0. The maximum absolute atomic E-state index is 11.8. The molecule has 0 saturated carbocycles. The number of carbonyl (C=O) groups is 1. The molecule has 0 bridgehead atoms. The molecule has 25 heavy (non-hydrogen) atoms. The normalized spacial score (nSPS) is 12.2. The predicted molar refractivity (Wildman–Crippen MR) is 94.7 cm³/mol. The first kappa shape index (κ1) is 18.2. The van der Waals surface area contributed by atoms with Crippen molar-refractivity contribution in [1.29, 1.82) is 0 Å². The van der Waals surface area contributed by atoms with E-state index in [2.05, 4.69) is 26.0 Å². The van der Waals surface area contributed by atoms with Crippen LogP contribution in [0.2, 0.25) is 0 Å². The third-order valence-corrected chi connectivity index (χ3v) is 3.83. The van der Waals surface area contributed by atoms with Crippen molar-refractivity contribution in [3.63, 3.8) is 0 Å². The molecule has 0 atom stereocenters. The number of hydrogen-bond acceptors (Lipinski definition) is 7. The van der Waals surface area contributed by atoms with Crippen LogP contribution >= 0.6 is 0 Å². The number of nitrogens with two attached hydrogens (primary N) is 1. The highest BCUT2D eigenvalue weighted by molar-refractivity contribution is 7.89. The van der Waals surface area contributed by atoms with Gasteiger partial charge in [-0.2, -0.15) is 10.2 Å². The maximum atomic E-state index is 11.8. The summed E-state index contributed by atoms with van der Waals surface area (Å²) in [4.78, 5) is 15.6. The molecule has 2 rings (SSSR count). The number of sulfonamides is 1. The Hall–Kier alpha value is -3.11. The summed E-state index contributed by atoms with van der Waals surface area (Å²) in [5, 5.41) is 12.8. The van der Waals surface area contributed by atoms with Crippen LogP contribution in [-0.4, -0.2) is 31.2 Å². The van der Waals surface area contributed by atoms with Crippen LogP contribution in [0.3, 0.4) is 0 Å². The Morgan fingerprint density at radius 2 is 1.80 bits per heavy atom. The van der Waals surface area contributed by atoms with Crippen molar-refractivity contribution < 1.29 is 13.2 Å². The van der Waals surface area contributed by atoms with Crippen molar-refractivity contribution >= 4 is 33.5 Å². The number of hydrazone groups is 2. The standard InChI is InChI=1S/C15H16N6O3S/c1-11(19-21-15(22)12-6-8-17-9-7-12)10-18-20-13-2-4-14(5-3-13)25(16,23)24/h2-10,20H,1H3,(H,21,22)(H2,16,23,24)/b18-10-,19-11+. The van der Waals surface area contributed by atoms with E-state index in [1.807, 2.05) is 0 Å². The minimum atomic E-state index is -3.72. The van der Waals surface area contributed by atoms with Crippen molar-refractivity contribution in [3.05, 3.63) is 54.4 Å². The van der Waals surface area contributed by atoms with Crippen molar-refractivity contribution in [2.75, 3.05) is 5.43 Å². The van der Waals surface area contributed by atoms with Gasteiger partial charge in [0.15, 0.2) is 0 Å². The van der Waals surface area contributed by atoms with Crippen LogP contribution in [0.5, 0.6) is 0 Å². The number of anilines is 1. The van der Waals surface area contributed by atoms with Crippen LogP contribution in [0.25, 0.3) is 0 Å². The molecule has 1 aromatic heterocycles. The summed E-state index contributed by atoms with van der Waals surface area (Å²) in [5.74, 6) is -0.360. The molecule has 130 valence electrons. The number of nitrogens with one attached hydrogen (secondary N) is 2. The van der Waals surface area contributed by atoms with E-state index in [1.165, 1.54) is 42.9 Å². The first-order valence-corrected chi connectivity index (χ1v) is 8.57. The highest BCUT2D eigenvalue weighted by Gasteiger charge is 2.06. The van der Waals surface area contributed by atoms with E-state index in [4.69, 9.17) is 5.14 Å². The summed E-state index contributed by atoms with van der Waals surface area (Å²) in [6.07, 6.45) is 4.43. The van der Waals surface area contributed by atoms with Crippen molar-refractivity contribution in [3.8, 4) is 0 Å². The number of primary sulfonamides is 1. The lowest BCUT2D eigenvalue weighted by Crippen LogP contribution is -2.19. The van der Waals surface area contributed by atoms with Gasteiger partial charge in [0.25, 0.3) is 5.91 Å². The second-order valence-corrected chi connectivity index (χ2v) is 6.43. The molecule has 0 fully saturated rings. The number of aromatic nitrogens is 1. The van der Waals surface area contributed by atoms with Crippen molar-refractivity contribution in [2.24, 2.45) is 15.3 Å². The van der Waals surface area contributed by atoms with Gasteiger partial charge in [0.05, 0.1) is 22.5 Å². The van der Waals surface area contributed by atoms with E-state index in [-0.39, 0.29) is 10.8 Å². The van der Waals surface area contributed by atoms with Gasteiger partial charge in [0.2, 0.25) is 10.0 Å². The highest BCUT2D eigenvalue weighted by atomic mass is 32.2. The molecule has 0 spiro atoms. The zero-order valence-corrected chi connectivity index (χ0v) is 14.1. The molecule has 10 heteroatoms. The minimum Gasteiger partial charge on any atom is -0.278 e. The van der Waals surface area contributed by atoms with Gasteiger partial charge in [-0.3, -0.25) is 15.2 Å². The molecule has 0 saturated heterocycles. The molecule has 4 N–H and O–H groups in total. The minimum absolute atomic E-state index is 0.0126. The zero-order chi connectivity index (χ0) is 18.3. The number of hydrogen-bond donors (Lipinski definition) is 3. The molecule has 0 aliphatic rings. The van der Waals surface area contributed by atoms with Crippen LogP contribution in [0.4, 0.5) is 5.69 Å². The summed E-state index contributed by atoms with van der Waals surface area (Å²) < 4.78 is 22.3. The largest absolute Gasteiger partial charge is 0.278 e. The Balaban J connectivity index is 1.89. The number of carbonyl (C=O) groups excluding carboxylic acids is 1. The molecule has 0 aliphatic carbocycles. The van der Waals surface area contributed by atoms with Crippen LogP contribution in [0.1, 0.15) is 17.3 Å². The molecule has 2 aromatic rings. The Bertz CT molecular complexity index is 893. The lowest BCUT2D eigenvalue weighted by atomic mass is 10.3. The quantitative estimate of drug-likeness (QED) is 0.519. The third-order valence-electron chi connectivity index (χ3n) is 2.90. The second-order valence-electron chi connectivity index (χ2n) is 4.87. The van der Waals surface area contributed by atoms with Gasteiger partial charge in [-0.15, -0.1) is 0 Å². The van der Waals surface area contributed by atoms with E-state index in [0.717, 1.165) is 0 Å². The first-order chi connectivity index (χ1) is 11.9. The number of pyridine rings is 1. The van der Waals surface area contributed by atoms with E-state index in [0.29, 0.717) is 17.0 Å². The number of amides is 1. The molecular weight excluding hydrogens is 344 g/mol. The number of rotatable bonds is 6. The molecule has 1 heterocycles. The lowest BCUT2D eigenvalue weighted by molar-refractivity contribution is 0.0955. The first-order valence-electron chi connectivity index (χ1n) is 7.03. The molecule has 0 unspecified atom stereocenters. The lowest BCUT2D eigenvalue weighted by Gasteiger charge is -2.02. The summed E-state index contributed by atoms with van der Waals surface area (Å²) in [6, 6.07) is 8.91. The fourth-order valence-electron chi connectivity index (χ4n) is 1.66. The molecule has 1 amide bonds. The van der Waals surface area contributed by atoms with Gasteiger partial charge in [0, 0.05) is 18.0 Å². The van der Waals surface area contributed by atoms with Gasteiger partial charge in [-0.1, -0.05) is 0 Å². The average Bonchev–Trinajstić information content (AvgIpc) is 2.60. The Morgan fingerprint density at radius 3 is 2.40 bits per heavy atom. The van der Waals surface area contributed by atoms with E-state index >= 15 is 0 Å². The van der Waals surface area contributed by atoms with Crippen LogP contribution in [-0.2, 0) is 10.0 Å². The van der Waals surface area contributed by atoms with Crippen LogP contribution < -0.4 is 16.0 Å². The molecule has 0 aliphatic heterocycles. The molecule has 9 nitrogen and oxygen atoms in total. The van der Waals surface area contributed by atoms with Crippen LogP contribution in [0.15, 0.2) is 63.9 Å². The summed E-state index contributed by atoms with van der Waals surface area (Å²) in [7, 11) is -3.72. The number of benzene rings is 1. The third kappa shape index (κ3) is 5.79. The Labute approximate surface area is 144 Å². The maximum Gasteiger partial charge on any atom is 0.271 e. The number of nitrogens with zero attached hydrogens (tertiary/aromatic N) is 3. The average molecular weight is 360 g/mol. The van der Waals surface area contributed by atoms with E-state index in [9.17, 15) is 13.2 Å². The zero-order valence-electron chi connectivity index (χ0n) is 13.2. The second kappa shape index (κ2) is 8.13. The van der Waals surface area contributed by atoms with Gasteiger partial charge in [-0.05, 0) is 43.3 Å². The SMILES string of the molecule is CC(/C=N\Nc1ccc(S(N)(=O)=O)cc1)=N\NC(=O)c1ccncc1. The fourth-order valence-corrected chi connectivity index (χ4v) is 2.17. The highest BCUT2D eigenvalue weighted by Crippen LogP contribution is 2.12. The smallest absolute Gasteiger partial charge is 0.271 e. The Kier molecular flexibility index (Phi) is 5.93. The van der Waals surface area contributed by atoms with Crippen LogP contribution in [0, 0.1) is 0 Å². The van der Waals surface area contributed by atoms with Gasteiger partial charge >= 0.3 is 0 Å². The summed E-state index contributed by atoms with van der Waals surface area (Å²) in [6.45, 7) is 1.65. The van der Waals surface area contributed by atoms with Crippen molar-refractivity contribution in [1.82, 2.24) is 10.4 Å². The topological polar surface area (TPSA) is 139 Å². The molecule has 0 radical (unpaired) electrons. The van der Waals surface area contributed by atoms with Gasteiger partial charge in [0.1, 0.15) is 0 Å². The molecule has 1 aromatic carbocycles. The molecular formula is C15H16N6O3S.